The number of pyridine rings is 1. The molecule has 1 aromatic heterocycles. The predicted octanol–water partition coefficient (Wildman–Crippen LogP) is 3.72. The van der Waals surface area contributed by atoms with E-state index in [1.54, 1.807) is 6.07 Å². The summed E-state index contributed by atoms with van der Waals surface area (Å²) < 4.78 is 27.7. The lowest BCUT2D eigenvalue weighted by atomic mass is 10.2. The Bertz CT molecular complexity index is 818. The minimum atomic E-state index is -0.734. The van der Waals surface area contributed by atoms with Crippen LogP contribution in [-0.2, 0) is 17.8 Å². The molecule has 23 heavy (non-hydrogen) atoms. The summed E-state index contributed by atoms with van der Waals surface area (Å²) in [5.41, 5.74) is 1.19. The molecule has 2 aromatic rings. The third-order valence-electron chi connectivity index (χ3n) is 3.30. The highest BCUT2D eigenvalue weighted by atomic mass is 79.9. The van der Waals surface area contributed by atoms with Crippen molar-refractivity contribution >= 4 is 44.8 Å². The molecule has 0 atom stereocenters. The molecule has 1 aromatic carbocycles. The first-order chi connectivity index (χ1) is 10.9. The third-order valence-corrected chi connectivity index (χ3v) is 3.96. The zero-order valence-electron chi connectivity index (χ0n) is 11.5. The minimum Gasteiger partial charge on any atom is -0.347 e. The van der Waals surface area contributed by atoms with Gasteiger partial charge in [0.15, 0.2) is 0 Å². The van der Waals surface area contributed by atoms with Crippen LogP contribution in [0.4, 0.5) is 14.5 Å². The summed E-state index contributed by atoms with van der Waals surface area (Å²) in [6.07, 6.45) is 1.73. The van der Waals surface area contributed by atoms with Gasteiger partial charge in [0.2, 0.25) is 0 Å². The van der Waals surface area contributed by atoms with E-state index in [4.69, 9.17) is 11.6 Å². The van der Waals surface area contributed by atoms with Crippen molar-refractivity contribution < 1.29 is 13.6 Å². The first-order valence-corrected chi connectivity index (χ1v) is 7.74. The average molecular weight is 401 g/mol. The molecule has 0 saturated heterocycles. The maximum atomic E-state index is 13.7. The first-order valence-electron chi connectivity index (χ1n) is 6.57. The van der Waals surface area contributed by atoms with Gasteiger partial charge < -0.3 is 5.32 Å². The van der Waals surface area contributed by atoms with E-state index < -0.39 is 17.5 Å². The number of nitrogens with one attached hydrogen (secondary N) is 1. The number of carbonyl (C=O) groups excluding carboxylic acids is 1. The van der Waals surface area contributed by atoms with Gasteiger partial charge >= 0.3 is 0 Å². The van der Waals surface area contributed by atoms with Crippen LogP contribution in [0.3, 0.4) is 0 Å². The molecule has 1 aliphatic heterocycles. The molecule has 118 valence electrons. The Hall–Kier alpha value is -1.86. The molecular formula is C15H9BrClF2N3O. The highest BCUT2D eigenvalue weighted by molar-refractivity contribution is 9.10. The Morgan fingerprint density at radius 1 is 1.30 bits per heavy atom. The second-order valence-electron chi connectivity index (χ2n) is 4.89. The van der Waals surface area contributed by atoms with Crippen molar-refractivity contribution in [3.05, 3.63) is 56.8 Å². The van der Waals surface area contributed by atoms with Crippen LogP contribution in [-0.4, -0.2) is 16.6 Å². The minimum absolute atomic E-state index is 0.209. The smallest absolute Gasteiger partial charge is 0.266 e. The van der Waals surface area contributed by atoms with Gasteiger partial charge in [-0.1, -0.05) is 27.5 Å². The van der Waals surface area contributed by atoms with E-state index in [0.717, 1.165) is 12.1 Å². The summed E-state index contributed by atoms with van der Waals surface area (Å²) in [4.78, 5) is 20.3. The van der Waals surface area contributed by atoms with Crippen LogP contribution in [0.25, 0.3) is 0 Å². The largest absolute Gasteiger partial charge is 0.347 e. The summed E-state index contributed by atoms with van der Waals surface area (Å²) in [6, 6.07) is 3.89. The molecule has 0 bridgehead atoms. The normalized spacial score (nSPS) is 12.8. The van der Waals surface area contributed by atoms with Gasteiger partial charge in [0.1, 0.15) is 17.3 Å². The number of fused-ring (bicyclic) bond motifs is 1. The molecule has 2 heterocycles. The Labute approximate surface area is 143 Å². The van der Waals surface area contributed by atoms with Crippen LogP contribution in [0.5, 0.6) is 0 Å². The van der Waals surface area contributed by atoms with E-state index in [1.807, 2.05) is 0 Å². The van der Waals surface area contributed by atoms with Gasteiger partial charge in [-0.3, -0.25) is 9.78 Å². The lowest BCUT2D eigenvalue weighted by molar-refractivity contribution is -0.115. The zero-order valence-corrected chi connectivity index (χ0v) is 13.9. The van der Waals surface area contributed by atoms with Gasteiger partial charge in [0, 0.05) is 29.2 Å². The summed E-state index contributed by atoms with van der Waals surface area (Å²) in [7, 11) is 0. The number of carbonyl (C=O) groups is 1. The van der Waals surface area contributed by atoms with E-state index in [0.29, 0.717) is 20.9 Å². The molecule has 0 fully saturated rings. The number of aromatic nitrogens is 1. The SMILES string of the molecule is O=C(NCc1c(F)cc(Br)cc1F)C1=Nc2cc(Cl)cnc2C1. The van der Waals surface area contributed by atoms with Crippen LogP contribution in [0.2, 0.25) is 5.02 Å². The second kappa shape index (κ2) is 6.33. The molecule has 1 amide bonds. The zero-order chi connectivity index (χ0) is 16.6. The van der Waals surface area contributed by atoms with Crippen LogP contribution in [0.15, 0.2) is 33.9 Å². The highest BCUT2D eigenvalue weighted by Gasteiger charge is 2.22. The van der Waals surface area contributed by atoms with Gasteiger partial charge in [-0.15, -0.1) is 0 Å². The Morgan fingerprint density at radius 3 is 2.70 bits per heavy atom. The van der Waals surface area contributed by atoms with Crippen LogP contribution in [0, 0.1) is 11.6 Å². The fraction of sp³-hybridized carbons (Fsp3) is 0.133. The van der Waals surface area contributed by atoms with Crippen LogP contribution in [0.1, 0.15) is 11.3 Å². The number of rotatable bonds is 3. The lowest BCUT2D eigenvalue weighted by Crippen LogP contribution is -2.31. The van der Waals surface area contributed by atoms with E-state index >= 15 is 0 Å². The lowest BCUT2D eigenvalue weighted by Gasteiger charge is -2.07. The molecule has 1 N–H and O–H groups in total. The second-order valence-corrected chi connectivity index (χ2v) is 6.24. The highest BCUT2D eigenvalue weighted by Crippen LogP contribution is 2.27. The maximum Gasteiger partial charge on any atom is 0.266 e. The Balaban J connectivity index is 1.71. The molecule has 0 aliphatic carbocycles. The fourth-order valence-electron chi connectivity index (χ4n) is 2.18. The van der Waals surface area contributed by atoms with E-state index in [1.165, 1.54) is 6.20 Å². The maximum absolute atomic E-state index is 13.7. The monoisotopic (exact) mass is 399 g/mol. The standard InChI is InChI=1S/C15H9BrClF2N3O/c16-7-1-10(18)9(11(19)2-7)6-21-15(23)14-4-12-13(22-14)3-8(17)5-20-12/h1-3,5H,4,6H2,(H,21,23). The quantitative estimate of drug-likeness (QED) is 0.854. The number of hydrogen-bond acceptors (Lipinski definition) is 3. The van der Waals surface area contributed by atoms with Crippen molar-refractivity contribution in [2.45, 2.75) is 13.0 Å². The third kappa shape index (κ3) is 3.40. The van der Waals surface area contributed by atoms with Crippen molar-refractivity contribution in [2.24, 2.45) is 4.99 Å². The van der Waals surface area contributed by atoms with Gasteiger partial charge in [0.05, 0.1) is 16.4 Å². The first kappa shape index (κ1) is 16.0. The number of aliphatic imine (C=N–C) groups is 1. The molecule has 8 heteroatoms. The van der Waals surface area contributed by atoms with E-state index in [-0.39, 0.29) is 24.2 Å². The number of hydrogen-bond donors (Lipinski definition) is 1. The van der Waals surface area contributed by atoms with Crippen molar-refractivity contribution in [2.75, 3.05) is 0 Å². The topological polar surface area (TPSA) is 54.4 Å². The molecule has 0 spiro atoms. The summed E-state index contributed by atoms with van der Waals surface area (Å²) in [6.45, 7) is -0.271. The number of benzene rings is 1. The van der Waals surface area contributed by atoms with Crippen molar-refractivity contribution in [3.8, 4) is 0 Å². The molecule has 0 radical (unpaired) electrons. The van der Waals surface area contributed by atoms with Crippen molar-refractivity contribution in [1.82, 2.24) is 10.3 Å². The van der Waals surface area contributed by atoms with Crippen molar-refractivity contribution in [1.29, 1.82) is 0 Å². The van der Waals surface area contributed by atoms with Gasteiger partial charge in [0.25, 0.3) is 5.91 Å². The van der Waals surface area contributed by atoms with Gasteiger partial charge in [-0.05, 0) is 18.2 Å². The average Bonchev–Trinajstić information content (AvgIpc) is 2.88. The molecule has 0 saturated carbocycles. The summed E-state index contributed by atoms with van der Waals surface area (Å²) >= 11 is 8.82. The predicted molar refractivity (Wildman–Crippen MR) is 86.0 cm³/mol. The fourth-order valence-corrected chi connectivity index (χ4v) is 2.73. The Morgan fingerprint density at radius 2 is 2.00 bits per heavy atom. The number of amides is 1. The van der Waals surface area contributed by atoms with Crippen LogP contribution < -0.4 is 5.32 Å². The molecular weight excluding hydrogens is 392 g/mol. The molecule has 1 aliphatic rings. The molecule has 4 nitrogen and oxygen atoms in total. The summed E-state index contributed by atoms with van der Waals surface area (Å²) in [5.74, 6) is -1.97. The van der Waals surface area contributed by atoms with Gasteiger partial charge in [-0.25, -0.2) is 13.8 Å². The number of nitrogens with zero attached hydrogens (tertiary/aromatic N) is 2. The van der Waals surface area contributed by atoms with Crippen molar-refractivity contribution in [3.63, 3.8) is 0 Å². The molecule has 3 rings (SSSR count). The van der Waals surface area contributed by atoms with E-state index in [2.05, 4.69) is 31.2 Å². The van der Waals surface area contributed by atoms with Gasteiger partial charge in [-0.2, -0.15) is 0 Å². The number of halogens is 4. The van der Waals surface area contributed by atoms with Crippen LogP contribution >= 0.6 is 27.5 Å². The van der Waals surface area contributed by atoms with E-state index in [9.17, 15) is 13.6 Å². The molecule has 0 unspecified atom stereocenters. The Kier molecular flexibility index (Phi) is 4.41. The summed E-state index contributed by atoms with van der Waals surface area (Å²) in [5, 5.41) is 2.89.